The van der Waals surface area contributed by atoms with Gasteiger partial charge in [0, 0.05) is 5.56 Å². The number of aldehydes is 1. The number of hydrogen-bond acceptors (Lipinski definition) is 5. The zero-order valence-electron chi connectivity index (χ0n) is 14.5. The van der Waals surface area contributed by atoms with Crippen LogP contribution in [0.4, 0.5) is 0 Å². The number of benzene rings is 2. The largest absolute Gasteiger partial charge is 0.483 e. The van der Waals surface area contributed by atoms with E-state index in [-0.39, 0.29) is 12.0 Å². The van der Waals surface area contributed by atoms with Crippen molar-refractivity contribution >= 4 is 6.29 Å². The van der Waals surface area contributed by atoms with Crippen LogP contribution in [-0.2, 0) is 12.0 Å². The molecule has 0 saturated carbocycles. The number of hydrogen-bond donors (Lipinski definition) is 0. The fourth-order valence-electron chi connectivity index (χ4n) is 2.40. The van der Waals surface area contributed by atoms with Crippen LogP contribution in [0.5, 0.6) is 5.75 Å². The standard InChI is InChI=1S/C20H20N2O3/c1-20(2,3)16-10-8-14(9-11-16)19-21-18(25-22-19)13-24-17-7-5-4-6-15(17)12-23/h4-12H,13H2,1-3H3. The third-order valence-electron chi connectivity index (χ3n) is 3.87. The number of rotatable bonds is 5. The van der Waals surface area contributed by atoms with Crippen molar-refractivity contribution in [3.63, 3.8) is 0 Å². The predicted molar refractivity (Wildman–Crippen MR) is 94.6 cm³/mol. The summed E-state index contributed by atoms with van der Waals surface area (Å²) >= 11 is 0. The van der Waals surface area contributed by atoms with Gasteiger partial charge in [-0.15, -0.1) is 0 Å². The fraction of sp³-hybridized carbons (Fsp3) is 0.250. The molecule has 0 aliphatic carbocycles. The van der Waals surface area contributed by atoms with Gasteiger partial charge < -0.3 is 9.26 Å². The molecule has 5 heteroatoms. The lowest BCUT2D eigenvalue weighted by Gasteiger charge is -2.18. The maximum absolute atomic E-state index is 11.0. The van der Waals surface area contributed by atoms with Crippen LogP contribution in [0.2, 0.25) is 0 Å². The van der Waals surface area contributed by atoms with Gasteiger partial charge in [-0.05, 0) is 23.1 Å². The maximum Gasteiger partial charge on any atom is 0.264 e. The molecule has 1 heterocycles. The summed E-state index contributed by atoms with van der Waals surface area (Å²) in [6, 6.07) is 15.1. The molecule has 0 aliphatic rings. The summed E-state index contributed by atoms with van der Waals surface area (Å²) in [6.45, 7) is 6.62. The third kappa shape index (κ3) is 3.94. The van der Waals surface area contributed by atoms with Crippen LogP contribution in [0.3, 0.4) is 0 Å². The molecule has 128 valence electrons. The SMILES string of the molecule is CC(C)(C)c1ccc(-c2noc(COc3ccccc3C=O)n2)cc1. The molecule has 0 fully saturated rings. The van der Waals surface area contributed by atoms with Crippen molar-refractivity contribution < 1.29 is 14.1 Å². The first-order valence-electron chi connectivity index (χ1n) is 8.08. The van der Waals surface area contributed by atoms with E-state index in [9.17, 15) is 4.79 Å². The average Bonchev–Trinajstić information content (AvgIpc) is 3.08. The lowest BCUT2D eigenvalue weighted by Crippen LogP contribution is -2.10. The maximum atomic E-state index is 11.0. The number of carbonyl (C=O) groups is 1. The van der Waals surface area contributed by atoms with E-state index in [2.05, 4.69) is 43.0 Å². The molecule has 25 heavy (non-hydrogen) atoms. The van der Waals surface area contributed by atoms with Crippen molar-refractivity contribution in [2.24, 2.45) is 0 Å². The minimum absolute atomic E-state index is 0.0980. The molecule has 0 N–H and O–H groups in total. The summed E-state index contributed by atoms with van der Waals surface area (Å²) in [4.78, 5) is 15.3. The first-order valence-corrected chi connectivity index (χ1v) is 8.08. The Morgan fingerprint density at radius 1 is 1.08 bits per heavy atom. The predicted octanol–water partition coefficient (Wildman–Crippen LogP) is 4.43. The number of aromatic nitrogens is 2. The Morgan fingerprint density at radius 2 is 1.80 bits per heavy atom. The molecule has 0 unspecified atom stereocenters. The van der Waals surface area contributed by atoms with Gasteiger partial charge in [-0.2, -0.15) is 4.98 Å². The Kier molecular flexibility index (Phi) is 4.65. The summed E-state index contributed by atoms with van der Waals surface area (Å²) in [5, 5.41) is 4.00. The molecule has 1 aromatic heterocycles. The van der Waals surface area contributed by atoms with Crippen LogP contribution in [-0.4, -0.2) is 16.4 Å². The summed E-state index contributed by atoms with van der Waals surface area (Å²) in [5.41, 5.74) is 2.71. The number of nitrogens with zero attached hydrogens (tertiary/aromatic N) is 2. The monoisotopic (exact) mass is 336 g/mol. The molecular formula is C20H20N2O3. The number of carbonyl (C=O) groups excluding carboxylic acids is 1. The van der Waals surface area contributed by atoms with Gasteiger partial charge in [0.2, 0.25) is 5.82 Å². The van der Waals surface area contributed by atoms with E-state index < -0.39 is 0 Å². The molecule has 3 aromatic rings. The smallest absolute Gasteiger partial charge is 0.264 e. The second kappa shape index (κ2) is 6.89. The van der Waals surface area contributed by atoms with Crippen LogP contribution in [0.25, 0.3) is 11.4 Å². The number of ether oxygens (including phenoxy) is 1. The molecule has 0 radical (unpaired) electrons. The minimum Gasteiger partial charge on any atom is -0.483 e. The first kappa shape index (κ1) is 16.9. The van der Waals surface area contributed by atoms with Crippen LogP contribution < -0.4 is 4.74 Å². The van der Waals surface area contributed by atoms with E-state index in [1.165, 1.54) is 5.56 Å². The van der Waals surface area contributed by atoms with Gasteiger partial charge in [-0.25, -0.2) is 0 Å². The van der Waals surface area contributed by atoms with E-state index in [0.29, 0.717) is 23.0 Å². The summed E-state index contributed by atoms with van der Waals surface area (Å²) < 4.78 is 10.8. The second-order valence-electron chi connectivity index (χ2n) is 6.78. The van der Waals surface area contributed by atoms with Crippen molar-refractivity contribution in [1.82, 2.24) is 10.1 Å². The van der Waals surface area contributed by atoms with Crippen molar-refractivity contribution in [2.45, 2.75) is 32.8 Å². The molecule has 5 nitrogen and oxygen atoms in total. The lowest BCUT2D eigenvalue weighted by molar-refractivity contribution is 0.111. The molecule has 0 bridgehead atoms. The summed E-state index contributed by atoms with van der Waals surface area (Å²) in [6.07, 6.45) is 0.755. The van der Waals surface area contributed by atoms with E-state index >= 15 is 0 Å². The highest BCUT2D eigenvalue weighted by molar-refractivity contribution is 5.79. The Morgan fingerprint density at radius 3 is 2.48 bits per heavy atom. The van der Waals surface area contributed by atoms with Gasteiger partial charge >= 0.3 is 0 Å². The zero-order valence-corrected chi connectivity index (χ0v) is 14.5. The average molecular weight is 336 g/mol. The molecular weight excluding hydrogens is 316 g/mol. The van der Waals surface area contributed by atoms with Crippen molar-refractivity contribution in [3.8, 4) is 17.1 Å². The topological polar surface area (TPSA) is 65.2 Å². The molecule has 3 rings (SSSR count). The number of para-hydroxylation sites is 1. The zero-order chi connectivity index (χ0) is 17.9. The summed E-state index contributed by atoms with van der Waals surface area (Å²) in [7, 11) is 0. The van der Waals surface area contributed by atoms with E-state index in [1.807, 2.05) is 12.1 Å². The van der Waals surface area contributed by atoms with E-state index in [1.54, 1.807) is 24.3 Å². The van der Waals surface area contributed by atoms with Crippen LogP contribution in [0.1, 0.15) is 42.6 Å². The molecule has 0 aliphatic heterocycles. The third-order valence-corrected chi connectivity index (χ3v) is 3.87. The van der Waals surface area contributed by atoms with Crippen molar-refractivity contribution in [1.29, 1.82) is 0 Å². The fourth-order valence-corrected chi connectivity index (χ4v) is 2.40. The Balaban J connectivity index is 1.71. The van der Waals surface area contributed by atoms with Gasteiger partial charge in [0.25, 0.3) is 5.89 Å². The Hall–Kier alpha value is -2.95. The Labute approximate surface area is 146 Å². The van der Waals surface area contributed by atoms with Gasteiger partial charge in [0.1, 0.15) is 5.75 Å². The molecule has 0 saturated heterocycles. The normalized spacial score (nSPS) is 11.3. The molecule has 0 spiro atoms. The van der Waals surface area contributed by atoms with E-state index in [0.717, 1.165) is 11.8 Å². The highest BCUT2D eigenvalue weighted by Crippen LogP contribution is 2.25. The lowest BCUT2D eigenvalue weighted by atomic mass is 9.87. The van der Waals surface area contributed by atoms with Crippen LogP contribution in [0, 0.1) is 0 Å². The van der Waals surface area contributed by atoms with Crippen LogP contribution >= 0.6 is 0 Å². The molecule has 2 aromatic carbocycles. The van der Waals surface area contributed by atoms with Crippen LogP contribution in [0.15, 0.2) is 53.1 Å². The highest BCUT2D eigenvalue weighted by Gasteiger charge is 2.15. The van der Waals surface area contributed by atoms with E-state index in [4.69, 9.17) is 9.26 Å². The quantitative estimate of drug-likeness (QED) is 0.645. The van der Waals surface area contributed by atoms with Gasteiger partial charge in [-0.3, -0.25) is 4.79 Å². The minimum atomic E-state index is 0.0980. The Bertz CT molecular complexity index is 861. The molecule has 0 atom stereocenters. The van der Waals surface area contributed by atoms with Crippen molar-refractivity contribution in [2.75, 3.05) is 0 Å². The van der Waals surface area contributed by atoms with Gasteiger partial charge in [0.15, 0.2) is 12.9 Å². The first-order chi connectivity index (χ1) is 12.0. The van der Waals surface area contributed by atoms with Gasteiger partial charge in [-0.1, -0.05) is 62.3 Å². The summed E-state index contributed by atoms with van der Waals surface area (Å²) in [5.74, 6) is 1.37. The highest BCUT2D eigenvalue weighted by atomic mass is 16.5. The molecule has 0 amide bonds. The van der Waals surface area contributed by atoms with Gasteiger partial charge in [0.05, 0.1) is 5.56 Å². The van der Waals surface area contributed by atoms with Crippen molar-refractivity contribution in [3.05, 3.63) is 65.5 Å². The second-order valence-corrected chi connectivity index (χ2v) is 6.78.